The van der Waals surface area contributed by atoms with E-state index in [4.69, 9.17) is 4.74 Å². The molecule has 32 heavy (non-hydrogen) atoms. The van der Waals surface area contributed by atoms with Crippen LogP contribution in [0.4, 0.5) is 10.1 Å². The lowest BCUT2D eigenvalue weighted by molar-refractivity contribution is -0.116. The van der Waals surface area contributed by atoms with Crippen molar-refractivity contribution in [3.63, 3.8) is 0 Å². The number of hydrogen-bond donors (Lipinski definition) is 0. The normalized spacial score (nSPS) is 13.0. The quantitative estimate of drug-likeness (QED) is 0.599. The van der Waals surface area contributed by atoms with Crippen LogP contribution in [0.2, 0.25) is 0 Å². The minimum Gasteiger partial charge on any atom is -0.491 e. The van der Waals surface area contributed by atoms with Crippen LogP contribution in [0, 0.1) is 12.7 Å². The fraction of sp³-hybridized carbons (Fsp3) is 0.231. The zero-order valence-corrected chi connectivity index (χ0v) is 18.2. The molecule has 0 radical (unpaired) electrons. The molecule has 3 aromatic rings. The highest BCUT2D eigenvalue weighted by Crippen LogP contribution is 2.27. The van der Waals surface area contributed by atoms with Gasteiger partial charge in [0.05, 0.1) is 13.1 Å². The smallest absolute Gasteiger partial charge is 0.254 e. The molecule has 0 atom stereocenters. The lowest BCUT2D eigenvalue weighted by Crippen LogP contribution is -2.32. The minimum absolute atomic E-state index is 0.0528. The zero-order chi connectivity index (χ0) is 22.7. The third kappa shape index (κ3) is 4.80. The molecule has 5 nitrogen and oxygen atoms in total. The average molecular weight is 432 g/mol. The Balaban J connectivity index is 1.57. The van der Waals surface area contributed by atoms with Gasteiger partial charge in [-0.25, -0.2) is 4.39 Å². The van der Waals surface area contributed by atoms with Crippen LogP contribution in [0.1, 0.15) is 34.0 Å². The van der Waals surface area contributed by atoms with E-state index >= 15 is 0 Å². The van der Waals surface area contributed by atoms with E-state index in [9.17, 15) is 14.0 Å². The Hall–Kier alpha value is -3.67. The number of benzene rings is 3. The molecule has 0 saturated carbocycles. The van der Waals surface area contributed by atoms with E-state index < -0.39 is 5.82 Å². The van der Waals surface area contributed by atoms with Crippen LogP contribution in [0.15, 0.2) is 66.7 Å². The SMILES string of the molecule is CC(=O)N(Cc1ccc2c(c1)CN(C(=O)c1cccc(F)c1)CCO2)c1ccc(C)cc1. The van der Waals surface area contributed by atoms with Crippen molar-refractivity contribution in [2.75, 3.05) is 18.1 Å². The number of fused-ring (bicyclic) bond motifs is 1. The third-order valence-electron chi connectivity index (χ3n) is 5.53. The van der Waals surface area contributed by atoms with Gasteiger partial charge in [-0.3, -0.25) is 9.59 Å². The molecule has 3 aromatic carbocycles. The van der Waals surface area contributed by atoms with E-state index in [-0.39, 0.29) is 11.8 Å². The predicted molar refractivity (Wildman–Crippen MR) is 121 cm³/mol. The van der Waals surface area contributed by atoms with Gasteiger partial charge in [-0.2, -0.15) is 0 Å². The first kappa shape index (κ1) is 21.6. The lowest BCUT2D eigenvalue weighted by atomic mass is 10.1. The number of carbonyl (C=O) groups excluding carboxylic acids is 2. The summed E-state index contributed by atoms with van der Waals surface area (Å²) in [6.45, 7) is 5.07. The second-order valence-electron chi connectivity index (χ2n) is 7.97. The van der Waals surface area contributed by atoms with Gasteiger partial charge in [-0.05, 0) is 55.0 Å². The van der Waals surface area contributed by atoms with Crippen LogP contribution in [0.3, 0.4) is 0 Å². The van der Waals surface area contributed by atoms with Gasteiger partial charge >= 0.3 is 0 Å². The lowest BCUT2D eigenvalue weighted by Gasteiger charge is -2.23. The Bertz CT molecular complexity index is 1140. The van der Waals surface area contributed by atoms with Gasteiger partial charge in [0.25, 0.3) is 5.91 Å². The van der Waals surface area contributed by atoms with Crippen LogP contribution in [-0.2, 0) is 17.9 Å². The number of nitrogens with zero attached hydrogens (tertiary/aromatic N) is 2. The summed E-state index contributed by atoms with van der Waals surface area (Å²) in [5.41, 5.74) is 4.06. The van der Waals surface area contributed by atoms with Gasteiger partial charge in [0, 0.05) is 30.3 Å². The monoisotopic (exact) mass is 432 g/mol. The molecule has 2 amide bonds. The fourth-order valence-corrected chi connectivity index (χ4v) is 3.82. The number of carbonyl (C=O) groups is 2. The molecule has 1 heterocycles. The molecule has 0 spiro atoms. The molecule has 4 rings (SSSR count). The Morgan fingerprint density at radius 2 is 1.84 bits per heavy atom. The Morgan fingerprint density at radius 3 is 2.56 bits per heavy atom. The van der Waals surface area contributed by atoms with Crippen LogP contribution in [-0.4, -0.2) is 29.9 Å². The Morgan fingerprint density at radius 1 is 1.06 bits per heavy atom. The highest BCUT2D eigenvalue weighted by molar-refractivity contribution is 5.94. The molecule has 0 aliphatic carbocycles. The molecule has 0 bridgehead atoms. The molecule has 1 aliphatic rings. The van der Waals surface area contributed by atoms with Crippen LogP contribution >= 0.6 is 0 Å². The van der Waals surface area contributed by atoms with Crippen molar-refractivity contribution in [2.45, 2.75) is 26.9 Å². The first-order valence-electron chi connectivity index (χ1n) is 10.5. The summed E-state index contributed by atoms with van der Waals surface area (Å²) in [5, 5.41) is 0. The van der Waals surface area contributed by atoms with Crippen molar-refractivity contribution in [3.05, 3.63) is 94.8 Å². The van der Waals surface area contributed by atoms with E-state index in [0.717, 1.165) is 22.4 Å². The number of amides is 2. The summed E-state index contributed by atoms with van der Waals surface area (Å²) in [6.07, 6.45) is 0. The van der Waals surface area contributed by atoms with Crippen molar-refractivity contribution in [1.29, 1.82) is 0 Å². The average Bonchev–Trinajstić information content (AvgIpc) is 2.99. The summed E-state index contributed by atoms with van der Waals surface area (Å²) in [6, 6.07) is 19.3. The molecule has 1 aliphatic heterocycles. The van der Waals surface area contributed by atoms with Crippen molar-refractivity contribution in [3.8, 4) is 5.75 Å². The van der Waals surface area contributed by atoms with E-state index in [0.29, 0.717) is 37.6 Å². The van der Waals surface area contributed by atoms with E-state index in [1.807, 2.05) is 49.4 Å². The number of halogens is 1. The third-order valence-corrected chi connectivity index (χ3v) is 5.53. The van der Waals surface area contributed by atoms with Crippen molar-refractivity contribution in [1.82, 2.24) is 4.90 Å². The van der Waals surface area contributed by atoms with Gasteiger partial charge in [0.2, 0.25) is 5.91 Å². The molecule has 0 saturated heterocycles. The molecule has 6 heteroatoms. The Kier molecular flexibility index (Phi) is 6.21. The Labute approximate surface area is 187 Å². The summed E-state index contributed by atoms with van der Waals surface area (Å²) < 4.78 is 19.4. The maximum Gasteiger partial charge on any atom is 0.254 e. The summed E-state index contributed by atoms with van der Waals surface area (Å²) >= 11 is 0. The van der Waals surface area contributed by atoms with Crippen LogP contribution in [0.5, 0.6) is 5.75 Å². The number of hydrogen-bond acceptors (Lipinski definition) is 3. The van der Waals surface area contributed by atoms with E-state index in [2.05, 4.69) is 0 Å². The number of aryl methyl sites for hydroxylation is 1. The van der Waals surface area contributed by atoms with E-state index in [1.165, 1.54) is 18.2 Å². The summed E-state index contributed by atoms with van der Waals surface area (Å²) in [5.74, 6) is -0.0163. The summed E-state index contributed by atoms with van der Waals surface area (Å²) in [4.78, 5) is 28.6. The molecule has 0 fully saturated rings. The molecule has 0 aromatic heterocycles. The second kappa shape index (κ2) is 9.22. The second-order valence-corrected chi connectivity index (χ2v) is 7.97. The molecule has 0 unspecified atom stereocenters. The van der Waals surface area contributed by atoms with Gasteiger partial charge in [-0.15, -0.1) is 0 Å². The standard InChI is InChI=1S/C26H25FN2O3/c1-18-6-9-24(10-7-18)29(19(2)30)16-20-8-11-25-22(14-20)17-28(12-13-32-25)26(31)21-4-3-5-23(27)15-21/h3-11,14-15H,12-13,16-17H2,1-2H3. The minimum atomic E-state index is -0.440. The molecular weight excluding hydrogens is 407 g/mol. The predicted octanol–water partition coefficient (Wildman–Crippen LogP) is 4.72. The first-order valence-corrected chi connectivity index (χ1v) is 10.5. The maximum atomic E-state index is 13.6. The number of rotatable bonds is 4. The van der Waals surface area contributed by atoms with Crippen molar-refractivity contribution < 1.29 is 18.7 Å². The van der Waals surface area contributed by atoms with Gasteiger partial charge < -0.3 is 14.5 Å². The van der Waals surface area contributed by atoms with E-state index in [1.54, 1.807) is 22.8 Å². The van der Waals surface area contributed by atoms with Gasteiger partial charge in [0.15, 0.2) is 0 Å². The van der Waals surface area contributed by atoms with Gasteiger partial charge in [0.1, 0.15) is 18.2 Å². The zero-order valence-electron chi connectivity index (χ0n) is 18.2. The first-order chi connectivity index (χ1) is 15.4. The maximum absolute atomic E-state index is 13.6. The molecule has 0 N–H and O–H groups in total. The highest BCUT2D eigenvalue weighted by atomic mass is 19.1. The molecular formula is C26H25FN2O3. The summed E-state index contributed by atoms with van der Waals surface area (Å²) in [7, 11) is 0. The largest absolute Gasteiger partial charge is 0.491 e. The van der Waals surface area contributed by atoms with Crippen LogP contribution < -0.4 is 9.64 Å². The fourth-order valence-electron chi connectivity index (χ4n) is 3.82. The van der Waals surface area contributed by atoms with Crippen molar-refractivity contribution >= 4 is 17.5 Å². The highest BCUT2D eigenvalue weighted by Gasteiger charge is 2.22. The van der Waals surface area contributed by atoms with Crippen molar-refractivity contribution in [2.24, 2.45) is 0 Å². The van der Waals surface area contributed by atoms with Crippen LogP contribution in [0.25, 0.3) is 0 Å². The van der Waals surface area contributed by atoms with Gasteiger partial charge in [-0.1, -0.05) is 29.8 Å². The number of ether oxygens (including phenoxy) is 1. The number of anilines is 1. The molecule has 164 valence electrons. The topological polar surface area (TPSA) is 49.9 Å².